The highest BCUT2D eigenvalue weighted by Crippen LogP contribution is 2.18. The maximum absolute atomic E-state index is 10.9. The lowest BCUT2D eigenvalue weighted by Gasteiger charge is -2.03. The Morgan fingerprint density at radius 3 is 2.58 bits per heavy atom. The van der Waals surface area contributed by atoms with E-state index < -0.39 is 6.03 Å². The Labute approximate surface area is 75.6 Å². The normalized spacial score (nSPS) is 15.4. The van der Waals surface area contributed by atoms with Crippen LogP contribution in [0, 0.1) is 0 Å². The van der Waals surface area contributed by atoms with Gasteiger partial charge in [0.2, 0.25) is 5.91 Å². The van der Waals surface area contributed by atoms with Gasteiger partial charge in [0.15, 0.2) is 0 Å². The SMILES string of the molecule is O=C(CCCl)NC(=O)NC1CC1. The first kappa shape index (κ1) is 9.32. The molecular formula is C7H11ClN2O2. The van der Waals surface area contributed by atoms with Crippen LogP contribution in [0.15, 0.2) is 0 Å². The number of hydrogen-bond donors (Lipinski definition) is 2. The number of imide groups is 1. The fourth-order valence-corrected chi connectivity index (χ4v) is 0.896. The van der Waals surface area contributed by atoms with Gasteiger partial charge in [0.05, 0.1) is 0 Å². The average Bonchev–Trinajstić information content (AvgIpc) is 2.71. The van der Waals surface area contributed by atoms with Gasteiger partial charge in [-0.1, -0.05) is 0 Å². The van der Waals surface area contributed by atoms with Crippen molar-refractivity contribution in [2.45, 2.75) is 25.3 Å². The van der Waals surface area contributed by atoms with Gasteiger partial charge in [-0.05, 0) is 12.8 Å². The van der Waals surface area contributed by atoms with Crippen molar-refractivity contribution in [3.05, 3.63) is 0 Å². The van der Waals surface area contributed by atoms with Gasteiger partial charge in [0.25, 0.3) is 0 Å². The highest BCUT2D eigenvalue weighted by molar-refractivity contribution is 6.19. The Balaban J connectivity index is 2.11. The number of nitrogens with one attached hydrogen (secondary N) is 2. The van der Waals surface area contributed by atoms with Crippen LogP contribution in [0.1, 0.15) is 19.3 Å². The number of amides is 3. The Hall–Kier alpha value is -0.770. The number of hydrogen-bond acceptors (Lipinski definition) is 2. The average molecular weight is 191 g/mol. The zero-order valence-corrected chi connectivity index (χ0v) is 7.36. The molecule has 1 saturated carbocycles. The summed E-state index contributed by atoms with van der Waals surface area (Å²) in [5, 5.41) is 4.81. The van der Waals surface area contributed by atoms with E-state index in [0.29, 0.717) is 0 Å². The number of alkyl halides is 1. The van der Waals surface area contributed by atoms with Crippen LogP contribution in [-0.4, -0.2) is 23.9 Å². The zero-order chi connectivity index (χ0) is 8.97. The van der Waals surface area contributed by atoms with Crippen LogP contribution in [0.2, 0.25) is 0 Å². The summed E-state index contributed by atoms with van der Waals surface area (Å²) in [6, 6.07) is -0.138. The summed E-state index contributed by atoms with van der Waals surface area (Å²) < 4.78 is 0. The molecule has 0 bridgehead atoms. The minimum atomic E-state index is -0.410. The molecule has 0 radical (unpaired) electrons. The molecule has 0 atom stereocenters. The van der Waals surface area contributed by atoms with Crippen molar-refractivity contribution in [3.63, 3.8) is 0 Å². The molecule has 2 N–H and O–H groups in total. The quantitative estimate of drug-likeness (QED) is 0.641. The van der Waals surface area contributed by atoms with Crippen molar-refractivity contribution in [2.75, 3.05) is 5.88 Å². The summed E-state index contributed by atoms with van der Waals surface area (Å²) in [6.07, 6.45) is 2.20. The first-order valence-electron chi connectivity index (χ1n) is 3.88. The predicted octanol–water partition coefficient (Wildman–Crippen LogP) is 0.603. The molecule has 3 amide bonds. The lowest BCUT2D eigenvalue weighted by atomic mass is 10.4. The van der Waals surface area contributed by atoms with E-state index in [0.717, 1.165) is 12.8 Å². The fraction of sp³-hybridized carbons (Fsp3) is 0.714. The number of carbonyl (C=O) groups excluding carboxylic acids is 2. The smallest absolute Gasteiger partial charge is 0.321 e. The van der Waals surface area contributed by atoms with Gasteiger partial charge in [-0.25, -0.2) is 4.79 Å². The van der Waals surface area contributed by atoms with E-state index in [1.165, 1.54) is 0 Å². The number of urea groups is 1. The van der Waals surface area contributed by atoms with Crippen molar-refractivity contribution in [3.8, 4) is 0 Å². The summed E-state index contributed by atoms with van der Waals surface area (Å²) in [7, 11) is 0. The molecule has 0 saturated heterocycles. The lowest BCUT2D eigenvalue weighted by molar-refractivity contribution is -0.119. The topological polar surface area (TPSA) is 58.2 Å². The summed E-state index contributed by atoms with van der Waals surface area (Å²) >= 11 is 5.31. The van der Waals surface area contributed by atoms with Crippen LogP contribution in [0.25, 0.3) is 0 Å². The molecule has 1 rings (SSSR count). The summed E-state index contributed by atoms with van der Waals surface area (Å²) in [6.45, 7) is 0. The largest absolute Gasteiger partial charge is 0.335 e. The zero-order valence-electron chi connectivity index (χ0n) is 6.60. The van der Waals surface area contributed by atoms with E-state index in [2.05, 4.69) is 10.6 Å². The van der Waals surface area contributed by atoms with Crippen LogP contribution >= 0.6 is 11.6 Å². The first-order valence-corrected chi connectivity index (χ1v) is 4.42. The van der Waals surface area contributed by atoms with Crippen molar-refractivity contribution in [2.24, 2.45) is 0 Å². The van der Waals surface area contributed by atoms with E-state index >= 15 is 0 Å². The molecule has 12 heavy (non-hydrogen) atoms. The molecule has 4 nitrogen and oxygen atoms in total. The van der Waals surface area contributed by atoms with E-state index in [4.69, 9.17) is 11.6 Å². The molecule has 1 aliphatic carbocycles. The van der Waals surface area contributed by atoms with Crippen LogP contribution in [0.3, 0.4) is 0 Å². The molecule has 0 aromatic heterocycles. The van der Waals surface area contributed by atoms with Crippen LogP contribution in [0.5, 0.6) is 0 Å². The molecule has 0 spiro atoms. The molecule has 68 valence electrons. The van der Waals surface area contributed by atoms with Crippen molar-refractivity contribution < 1.29 is 9.59 Å². The Morgan fingerprint density at radius 1 is 1.42 bits per heavy atom. The molecule has 0 heterocycles. The van der Waals surface area contributed by atoms with E-state index in [-0.39, 0.29) is 24.2 Å². The second-order valence-corrected chi connectivity index (χ2v) is 3.11. The van der Waals surface area contributed by atoms with Crippen LogP contribution < -0.4 is 10.6 Å². The maximum Gasteiger partial charge on any atom is 0.321 e. The number of halogens is 1. The molecule has 0 aromatic rings. The molecule has 0 aromatic carbocycles. The van der Waals surface area contributed by atoms with Gasteiger partial charge < -0.3 is 5.32 Å². The van der Waals surface area contributed by atoms with E-state index in [1.54, 1.807) is 0 Å². The van der Waals surface area contributed by atoms with Crippen LogP contribution in [0.4, 0.5) is 4.79 Å². The molecular weight excluding hydrogens is 180 g/mol. The van der Waals surface area contributed by atoms with Crippen molar-refractivity contribution >= 4 is 23.5 Å². The molecule has 0 unspecified atom stereocenters. The highest BCUT2D eigenvalue weighted by atomic mass is 35.5. The van der Waals surface area contributed by atoms with E-state index in [9.17, 15) is 9.59 Å². The fourth-order valence-electron chi connectivity index (χ4n) is 0.724. The minimum absolute atomic E-state index is 0.180. The molecule has 5 heteroatoms. The van der Waals surface area contributed by atoms with Crippen molar-refractivity contribution in [1.29, 1.82) is 0 Å². The third kappa shape index (κ3) is 3.57. The summed E-state index contributed by atoms with van der Waals surface area (Å²) in [4.78, 5) is 21.7. The summed E-state index contributed by atoms with van der Waals surface area (Å²) in [5.41, 5.74) is 0. The lowest BCUT2D eigenvalue weighted by Crippen LogP contribution is -2.40. The van der Waals surface area contributed by atoms with Gasteiger partial charge in [-0.3, -0.25) is 10.1 Å². The summed E-state index contributed by atoms with van der Waals surface area (Å²) in [5.74, 6) is -0.0918. The van der Waals surface area contributed by atoms with Gasteiger partial charge in [0, 0.05) is 18.3 Å². The van der Waals surface area contributed by atoms with Gasteiger partial charge in [-0.2, -0.15) is 0 Å². The molecule has 0 aliphatic heterocycles. The Morgan fingerprint density at radius 2 is 2.08 bits per heavy atom. The first-order chi connectivity index (χ1) is 5.72. The molecule has 1 aliphatic rings. The highest BCUT2D eigenvalue weighted by Gasteiger charge is 2.23. The Kier molecular flexibility index (Phi) is 3.34. The van der Waals surface area contributed by atoms with Gasteiger partial charge in [-0.15, -0.1) is 11.6 Å². The number of carbonyl (C=O) groups is 2. The molecule has 1 fully saturated rings. The van der Waals surface area contributed by atoms with Gasteiger partial charge in [0.1, 0.15) is 0 Å². The second-order valence-electron chi connectivity index (χ2n) is 2.73. The monoisotopic (exact) mass is 190 g/mol. The third-order valence-electron chi connectivity index (χ3n) is 1.49. The van der Waals surface area contributed by atoms with E-state index in [1.807, 2.05) is 0 Å². The maximum atomic E-state index is 10.9. The minimum Gasteiger partial charge on any atom is -0.335 e. The standard InChI is InChI=1S/C7H11ClN2O2/c8-4-3-6(11)10-7(12)9-5-1-2-5/h5H,1-4H2,(H2,9,10,11,12). The second kappa shape index (κ2) is 4.30. The van der Waals surface area contributed by atoms with Crippen LogP contribution in [-0.2, 0) is 4.79 Å². The number of rotatable bonds is 3. The Bertz CT molecular complexity index is 192. The third-order valence-corrected chi connectivity index (χ3v) is 1.68. The van der Waals surface area contributed by atoms with Crippen molar-refractivity contribution in [1.82, 2.24) is 10.6 Å². The van der Waals surface area contributed by atoms with Gasteiger partial charge >= 0.3 is 6.03 Å². The predicted molar refractivity (Wildman–Crippen MR) is 45.0 cm³/mol.